The first-order chi connectivity index (χ1) is 12.1. The lowest BCUT2D eigenvalue weighted by molar-refractivity contribution is -0.146. The molecule has 0 aromatic heterocycles. The van der Waals surface area contributed by atoms with Gasteiger partial charge < -0.3 is 15.1 Å². The molecule has 1 saturated heterocycles. The second kappa shape index (κ2) is 8.03. The van der Waals surface area contributed by atoms with E-state index in [4.69, 9.17) is 11.6 Å². The molecule has 130 valence electrons. The van der Waals surface area contributed by atoms with Gasteiger partial charge in [0.15, 0.2) is 0 Å². The van der Waals surface area contributed by atoms with E-state index in [2.05, 4.69) is 10.2 Å². The van der Waals surface area contributed by atoms with E-state index in [0.717, 1.165) is 11.3 Å². The van der Waals surface area contributed by atoms with E-state index in [-0.39, 0.29) is 6.54 Å². The van der Waals surface area contributed by atoms with Crippen LogP contribution in [0, 0.1) is 0 Å². The molecule has 25 heavy (non-hydrogen) atoms. The molecule has 0 spiro atoms. The molecule has 2 amide bonds. The molecule has 0 aliphatic carbocycles. The molecule has 5 nitrogen and oxygen atoms in total. The zero-order valence-corrected chi connectivity index (χ0v) is 14.6. The maximum Gasteiger partial charge on any atom is 0.312 e. The Labute approximate surface area is 152 Å². The fourth-order valence-electron chi connectivity index (χ4n) is 2.84. The van der Waals surface area contributed by atoms with E-state index in [9.17, 15) is 9.59 Å². The van der Waals surface area contributed by atoms with Crippen LogP contribution in [-0.4, -0.2) is 42.9 Å². The topological polar surface area (TPSA) is 52.7 Å². The first-order valence-electron chi connectivity index (χ1n) is 8.25. The van der Waals surface area contributed by atoms with E-state index in [1.54, 1.807) is 11.0 Å². The third kappa shape index (κ3) is 4.31. The van der Waals surface area contributed by atoms with Gasteiger partial charge in [-0.05, 0) is 23.8 Å². The van der Waals surface area contributed by atoms with Crippen molar-refractivity contribution in [3.05, 3.63) is 65.2 Å². The number of carbonyl (C=O) groups is 2. The van der Waals surface area contributed by atoms with Crippen molar-refractivity contribution >= 4 is 29.1 Å². The summed E-state index contributed by atoms with van der Waals surface area (Å²) >= 11 is 6.06. The van der Waals surface area contributed by atoms with Crippen LogP contribution in [0.25, 0.3) is 0 Å². The van der Waals surface area contributed by atoms with Crippen molar-refractivity contribution in [1.29, 1.82) is 0 Å². The van der Waals surface area contributed by atoms with Crippen LogP contribution in [0.2, 0.25) is 5.02 Å². The predicted molar refractivity (Wildman–Crippen MR) is 98.5 cm³/mol. The summed E-state index contributed by atoms with van der Waals surface area (Å²) in [6.45, 7) is 2.75. The highest BCUT2D eigenvalue weighted by Crippen LogP contribution is 2.16. The number of nitrogens with zero attached hydrogens (tertiary/aromatic N) is 2. The molecule has 1 heterocycles. The molecule has 0 unspecified atom stereocenters. The molecule has 3 rings (SSSR count). The molecular weight excluding hydrogens is 338 g/mol. The number of benzene rings is 2. The van der Waals surface area contributed by atoms with Crippen LogP contribution in [-0.2, 0) is 16.1 Å². The van der Waals surface area contributed by atoms with Crippen molar-refractivity contribution in [3.8, 4) is 0 Å². The second-order valence-electron chi connectivity index (χ2n) is 5.89. The van der Waals surface area contributed by atoms with Gasteiger partial charge in [-0.15, -0.1) is 0 Å². The van der Waals surface area contributed by atoms with Gasteiger partial charge in [-0.25, -0.2) is 0 Å². The lowest BCUT2D eigenvalue weighted by Crippen LogP contribution is -2.52. The summed E-state index contributed by atoms with van der Waals surface area (Å²) in [5.41, 5.74) is 1.93. The SMILES string of the molecule is O=C(NCc1ccccc1Cl)C(=O)N1CCN(c2ccccc2)CC1. The Kier molecular flexibility index (Phi) is 5.56. The Morgan fingerprint density at radius 1 is 0.920 bits per heavy atom. The van der Waals surface area contributed by atoms with Gasteiger partial charge >= 0.3 is 11.8 Å². The third-order valence-electron chi connectivity index (χ3n) is 4.28. The van der Waals surface area contributed by atoms with Crippen LogP contribution >= 0.6 is 11.6 Å². The number of piperazine rings is 1. The summed E-state index contributed by atoms with van der Waals surface area (Å²) in [7, 11) is 0. The summed E-state index contributed by atoms with van der Waals surface area (Å²) in [6.07, 6.45) is 0. The second-order valence-corrected chi connectivity index (χ2v) is 6.30. The van der Waals surface area contributed by atoms with Gasteiger partial charge in [0.25, 0.3) is 0 Å². The van der Waals surface area contributed by atoms with Crippen LogP contribution in [0.3, 0.4) is 0 Å². The standard InChI is InChI=1S/C19H20ClN3O2/c20-17-9-5-4-6-15(17)14-21-18(24)19(25)23-12-10-22(11-13-23)16-7-2-1-3-8-16/h1-9H,10-14H2,(H,21,24). The summed E-state index contributed by atoms with van der Waals surface area (Å²) in [5.74, 6) is -1.08. The number of amides is 2. The number of nitrogens with one attached hydrogen (secondary N) is 1. The molecule has 1 fully saturated rings. The summed E-state index contributed by atoms with van der Waals surface area (Å²) in [5, 5.41) is 3.23. The quantitative estimate of drug-likeness (QED) is 0.858. The highest BCUT2D eigenvalue weighted by molar-refractivity contribution is 6.35. The number of hydrogen-bond donors (Lipinski definition) is 1. The third-order valence-corrected chi connectivity index (χ3v) is 4.65. The number of carbonyl (C=O) groups excluding carboxylic acids is 2. The highest BCUT2D eigenvalue weighted by Gasteiger charge is 2.25. The Balaban J connectivity index is 1.50. The average Bonchev–Trinajstić information content (AvgIpc) is 2.67. The lowest BCUT2D eigenvalue weighted by atomic mass is 10.2. The first-order valence-corrected chi connectivity index (χ1v) is 8.63. The maximum atomic E-state index is 12.3. The molecule has 2 aromatic carbocycles. The molecule has 0 bridgehead atoms. The summed E-state index contributed by atoms with van der Waals surface area (Å²) in [6, 6.07) is 17.3. The molecule has 0 atom stereocenters. The van der Waals surface area contributed by atoms with Crippen molar-refractivity contribution in [3.63, 3.8) is 0 Å². The van der Waals surface area contributed by atoms with Gasteiger partial charge in [0.1, 0.15) is 0 Å². The molecule has 1 aliphatic rings. The monoisotopic (exact) mass is 357 g/mol. The Morgan fingerprint density at radius 3 is 2.24 bits per heavy atom. The van der Waals surface area contributed by atoms with Crippen molar-refractivity contribution in [2.75, 3.05) is 31.1 Å². The number of para-hydroxylation sites is 1. The molecular formula is C19H20ClN3O2. The Morgan fingerprint density at radius 2 is 1.56 bits per heavy atom. The van der Waals surface area contributed by atoms with E-state index in [1.165, 1.54) is 0 Å². The van der Waals surface area contributed by atoms with Gasteiger partial charge in [-0.1, -0.05) is 48.0 Å². The van der Waals surface area contributed by atoms with Crippen LogP contribution in [0.1, 0.15) is 5.56 Å². The van der Waals surface area contributed by atoms with Gasteiger partial charge in [0, 0.05) is 43.4 Å². The van der Waals surface area contributed by atoms with Crippen molar-refractivity contribution in [2.24, 2.45) is 0 Å². The molecule has 2 aromatic rings. The van der Waals surface area contributed by atoms with Crippen LogP contribution < -0.4 is 10.2 Å². The number of anilines is 1. The number of halogens is 1. The average molecular weight is 358 g/mol. The largest absolute Gasteiger partial charge is 0.368 e. The first kappa shape index (κ1) is 17.3. The van der Waals surface area contributed by atoms with Gasteiger partial charge in [-0.3, -0.25) is 9.59 Å². The molecule has 1 N–H and O–H groups in total. The van der Waals surface area contributed by atoms with Crippen LogP contribution in [0.15, 0.2) is 54.6 Å². The Hall–Kier alpha value is -2.53. The van der Waals surface area contributed by atoms with Crippen LogP contribution in [0.4, 0.5) is 5.69 Å². The zero-order chi connectivity index (χ0) is 17.6. The molecule has 1 aliphatic heterocycles. The van der Waals surface area contributed by atoms with Crippen molar-refractivity contribution in [1.82, 2.24) is 10.2 Å². The van der Waals surface area contributed by atoms with Crippen molar-refractivity contribution in [2.45, 2.75) is 6.54 Å². The van der Waals surface area contributed by atoms with Crippen molar-refractivity contribution < 1.29 is 9.59 Å². The molecule has 6 heteroatoms. The fourth-order valence-corrected chi connectivity index (χ4v) is 3.05. The zero-order valence-electron chi connectivity index (χ0n) is 13.8. The lowest BCUT2D eigenvalue weighted by Gasteiger charge is -2.35. The van der Waals surface area contributed by atoms with E-state index >= 15 is 0 Å². The van der Waals surface area contributed by atoms with Crippen LogP contribution in [0.5, 0.6) is 0 Å². The maximum absolute atomic E-state index is 12.3. The van der Waals surface area contributed by atoms with Gasteiger partial charge in [-0.2, -0.15) is 0 Å². The number of hydrogen-bond acceptors (Lipinski definition) is 3. The minimum absolute atomic E-state index is 0.244. The van der Waals surface area contributed by atoms with E-state index in [1.807, 2.05) is 48.5 Å². The summed E-state index contributed by atoms with van der Waals surface area (Å²) < 4.78 is 0. The van der Waals surface area contributed by atoms with E-state index in [0.29, 0.717) is 31.2 Å². The van der Waals surface area contributed by atoms with Gasteiger partial charge in [0.05, 0.1) is 0 Å². The number of rotatable bonds is 3. The molecule has 0 radical (unpaired) electrons. The van der Waals surface area contributed by atoms with Gasteiger partial charge in [0.2, 0.25) is 0 Å². The van der Waals surface area contributed by atoms with E-state index < -0.39 is 11.8 Å². The predicted octanol–water partition coefficient (Wildman–Crippen LogP) is 2.30. The molecule has 0 saturated carbocycles. The smallest absolute Gasteiger partial charge is 0.312 e. The Bertz CT molecular complexity index is 743. The minimum Gasteiger partial charge on any atom is -0.368 e. The fraction of sp³-hybridized carbons (Fsp3) is 0.263. The minimum atomic E-state index is -0.590. The highest BCUT2D eigenvalue weighted by atomic mass is 35.5. The normalized spacial score (nSPS) is 14.3. The summed E-state index contributed by atoms with van der Waals surface area (Å²) in [4.78, 5) is 28.2.